The van der Waals surface area contributed by atoms with Crippen molar-refractivity contribution in [3.05, 3.63) is 71.8 Å². The summed E-state index contributed by atoms with van der Waals surface area (Å²) in [5.74, 6) is -0.0828. The maximum absolute atomic E-state index is 13.0. The first-order chi connectivity index (χ1) is 13.7. The first-order valence-electron chi connectivity index (χ1n) is 9.71. The van der Waals surface area contributed by atoms with Gasteiger partial charge in [0, 0.05) is 19.6 Å². The van der Waals surface area contributed by atoms with Gasteiger partial charge in [-0.25, -0.2) is 0 Å². The number of hydrogen-bond donors (Lipinski definition) is 1. The highest BCUT2D eigenvalue weighted by Crippen LogP contribution is 2.25. The van der Waals surface area contributed by atoms with Gasteiger partial charge in [0.05, 0.1) is 12.0 Å². The monoisotopic (exact) mass is 375 g/mol. The Kier molecular flexibility index (Phi) is 6.80. The molecule has 1 fully saturated rings. The van der Waals surface area contributed by atoms with Crippen LogP contribution in [0.5, 0.6) is 0 Å². The summed E-state index contributed by atoms with van der Waals surface area (Å²) in [6, 6.07) is 21.5. The van der Waals surface area contributed by atoms with Crippen molar-refractivity contribution in [1.82, 2.24) is 10.2 Å². The van der Waals surface area contributed by atoms with Gasteiger partial charge in [0.25, 0.3) is 0 Å². The van der Waals surface area contributed by atoms with Crippen molar-refractivity contribution in [2.45, 2.75) is 25.2 Å². The second-order valence-corrected chi connectivity index (χ2v) is 7.16. The predicted molar refractivity (Wildman–Crippen MR) is 107 cm³/mol. The Morgan fingerprint density at radius 3 is 2.04 bits per heavy atom. The third kappa shape index (κ3) is 4.98. The van der Waals surface area contributed by atoms with Crippen molar-refractivity contribution in [1.29, 1.82) is 5.26 Å². The van der Waals surface area contributed by atoms with Gasteiger partial charge in [0.1, 0.15) is 6.42 Å². The minimum Gasteiger partial charge on any atom is -0.355 e. The predicted octanol–water partition coefficient (Wildman–Crippen LogP) is 3.09. The van der Waals surface area contributed by atoms with E-state index in [1.165, 1.54) is 0 Å². The van der Waals surface area contributed by atoms with Crippen LogP contribution in [0.1, 0.15) is 36.3 Å². The molecule has 0 aromatic heterocycles. The van der Waals surface area contributed by atoms with Gasteiger partial charge < -0.3 is 10.2 Å². The van der Waals surface area contributed by atoms with Crippen LogP contribution in [0.15, 0.2) is 60.7 Å². The number of benzene rings is 2. The van der Waals surface area contributed by atoms with E-state index in [1.54, 1.807) is 4.90 Å². The highest BCUT2D eigenvalue weighted by molar-refractivity contribution is 5.87. The highest BCUT2D eigenvalue weighted by Gasteiger charge is 2.26. The van der Waals surface area contributed by atoms with Gasteiger partial charge >= 0.3 is 0 Å². The van der Waals surface area contributed by atoms with Crippen LogP contribution in [-0.2, 0) is 9.59 Å². The second-order valence-electron chi connectivity index (χ2n) is 7.16. The van der Waals surface area contributed by atoms with E-state index in [2.05, 4.69) is 5.32 Å². The van der Waals surface area contributed by atoms with E-state index in [0.29, 0.717) is 25.6 Å². The molecule has 5 heteroatoms. The number of nitrogens with one attached hydrogen (secondary N) is 1. The lowest BCUT2D eigenvalue weighted by Crippen LogP contribution is -2.42. The zero-order valence-electron chi connectivity index (χ0n) is 15.9. The van der Waals surface area contributed by atoms with Crippen molar-refractivity contribution in [3.63, 3.8) is 0 Å². The first kappa shape index (κ1) is 19.6. The van der Waals surface area contributed by atoms with Crippen molar-refractivity contribution in [2.75, 3.05) is 19.6 Å². The zero-order valence-corrected chi connectivity index (χ0v) is 15.9. The molecule has 2 amide bonds. The number of nitriles is 1. The average Bonchev–Trinajstić information content (AvgIpc) is 2.74. The standard InChI is InChI=1S/C23H25N3O2/c24-14-11-21(27)26-15-12-18(13-16-26)17-25-23(28)22(19-7-3-1-4-8-19)20-9-5-2-6-10-20/h1-10,18,22H,11-13,15-17H2,(H,25,28). The molecule has 0 radical (unpaired) electrons. The minimum atomic E-state index is -0.334. The van der Waals surface area contributed by atoms with Crippen LogP contribution in [-0.4, -0.2) is 36.3 Å². The fraction of sp³-hybridized carbons (Fsp3) is 0.348. The number of nitrogens with zero attached hydrogens (tertiary/aromatic N) is 2. The molecule has 144 valence electrons. The van der Waals surface area contributed by atoms with E-state index < -0.39 is 0 Å². The molecule has 28 heavy (non-hydrogen) atoms. The fourth-order valence-electron chi connectivity index (χ4n) is 3.70. The number of piperidine rings is 1. The van der Waals surface area contributed by atoms with Crippen LogP contribution in [0, 0.1) is 17.2 Å². The van der Waals surface area contributed by atoms with Crippen molar-refractivity contribution < 1.29 is 9.59 Å². The van der Waals surface area contributed by atoms with Gasteiger partial charge in [0.15, 0.2) is 0 Å². The number of amides is 2. The number of hydrogen-bond acceptors (Lipinski definition) is 3. The maximum Gasteiger partial charge on any atom is 0.236 e. The van der Waals surface area contributed by atoms with Crippen LogP contribution in [0.3, 0.4) is 0 Å². The molecule has 1 saturated heterocycles. The normalized spacial score (nSPS) is 14.5. The van der Waals surface area contributed by atoms with E-state index >= 15 is 0 Å². The Morgan fingerprint density at radius 2 is 1.54 bits per heavy atom. The highest BCUT2D eigenvalue weighted by atomic mass is 16.2. The number of carbonyl (C=O) groups is 2. The van der Waals surface area contributed by atoms with E-state index in [9.17, 15) is 9.59 Å². The summed E-state index contributed by atoms with van der Waals surface area (Å²) in [5.41, 5.74) is 1.95. The van der Waals surface area contributed by atoms with E-state index in [0.717, 1.165) is 24.0 Å². The summed E-state index contributed by atoms with van der Waals surface area (Å²) < 4.78 is 0. The summed E-state index contributed by atoms with van der Waals surface area (Å²) in [7, 11) is 0. The lowest BCUT2D eigenvalue weighted by Gasteiger charge is -2.32. The molecule has 3 rings (SSSR count). The van der Waals surface area contributed by atoms with Crippen LogP contribution in [0.2, 0.25) is 0 Å². The molecule has 1 N–H and O–H groups in total. The molecule has 0 bridgehead atoms. The van der Waals surface area contributed by atoms with Gasteiger partial charge in [-0.15, -0.1) is 0 Å². The van der Waals surface area contributed by atoms with E-state index in [4.69, 9.17) is 5.26 Å². The Labute approximate surface area is 166 Å². The Morgan fingerprint density at radius 1 is 1.00 bits per heavy atom. The van der Waals surface area contributed by atoms with Gasteiger partial charge in [-0.05, 0) is 29.9 Å². The van der Waals surface area contributed by atoms with Gasteiger partial charge in [-0.2, -0.15) is 5.26 Å². The number of rotatable bonds is 6. The molecule has 5 nitrogen and oxygen atoms in total. The van der Waals surface area contributed by atoms with Gasteiger partial charge in [-0.1, -0.05) is 60.7 Å². The molecule has 2 aromatic carbocycles. The molecule has 0 aliphatic carbocycles. The molecule has 0 spiro atoms. The summed E-state index contributed by atoms with van der Waals surface area (Å²) in [6.07, 6.45) is 1.63. The van der Waals surface area contributed by atoms with E-state index in [-0.39, 0.29) is 24.2 Å². The molecule has 2 aromatic rings. The van der Waals surface area contributed by atoms with Crippen molar-refractivity contribution >= 4 is 11.8 Å². The van der Waals surface area contributed by atoms with E-state index in [1.807, 2.05) is 66.7 Å². The van der Waals surface area contributed by atoms with Gasteiger partial charge in [-0.3, -0.25) is 9.59 Å². The number of likely N-dealkylation sites (tertiary alicyclic amines) is 1. The lowest BCUT2D eigenvalue weighted by atomic mass is 9.90. The largest absolute Gasteiger partial charge is 0.355 e. The summed E-state index contributed by atoms with van der Waals surface area (Å²) in [4.78, 5) is 26.6. The third-order valence-electron chi connectivity index (χ3n) is 5.29. The SMILES string of the molecule is N#CCC(=O)N1CCC(CNC(=O)C(c2ccccc2)c2ccccc2)CC1. The Balaban J connectivity index is 1.60. The smallest absolute Gasteiger partial charge is 0.236 e. The Bertz CT molecular complexity index is 782. The van der Waals surface area contributed by atoms with Crippen LogP contribution in [0.25, 0.3) is 0 Å². The Hall–Kier alpha value is -3.13. The molecule has 0 saturated carbocycles. The lowest BCUT2D eigenvalue weighted by molar-refractivity contribution is -0.131. The third-order valence-corrected chi connectivity index (χ3v) is 5.29. The molecule has 1 aliphatic rings. The number of carbonyl (C=O) groups excluding carboxylic acids is 2. The fourth-order valence-corrected chi connectivity index (χ4v) is 3.70. The van der Waals surface area contributed by atoms with Crippen molar-refractivity contribution in [3.8, 4) is 6.07 Å². The molecule has 1 aliphatic heterocycles. The zero-order chi connectivity index (χ0) is 19.8. The summed E-state index contributed by atoms with van der Waals surface area (Å²) in [6.45, 7) is 1.92. The van der Waals surface area contributed by atoms with Crippen molar-refractivity contribution in [2.24, 2.45) is 5.92 Å². The maximum atomic E-state index is 13.0. The van der Waals surface area contributed by atoms with Crippen LogP contribution in [0.4, 0.5) is 0 Å². The molecular formula is C23H25N3O2. The first-order valence-corrected chi connectivity index (χ1v) is 9.71. The molecule has 1 heterocycles. The quantitative estimate of drug-likeness (QED) is 0.843. The van der Waals surface area contributed by atoms with Gasteiger partial charge in [0.2, 0.25) is 11.8 Å². The molecule has 0 unspecified atom stereocenters. The van der Waals surface area contributed by atoms with Crippen LogP contribution >= 0.6 is 0 Å². The van der Waals surface area contributed by atoms with Crippen LogP contribution < -0.4 is 5.32 Å². The topological polar surface area (TPSA) is 73.2 Å². The molecule has 0 atom stereocenters. The minimum absolute atomic E-state index is 0.000358. The summed E-state index contributed by atoms with van der Waals surface area (Å²) in [5, 5.41) is 11.8. The average molecular weight is 375 g/mol. The molecular weight excluding hydrogens is 350 g/mol. The second kappa shape index (κ2) is 9.70. The summed E-state index contributed by atoms with van der Waals surface area (Å²) >= 11 is 0.